The van der Waals surface area contributed by atoms with Crippen molar-refractivity contribution >= 4 is 17.5 Å². The molecule has 7 heteroatoms. The van der Waals surface area contributed by atoms with Crippen LogP contribution in [0.1, 0.15) is 0 Å². The summed E-state index contributed by atoms with van der Waals surface area (Å²) >= 11 is 0. The predicted octanol–water partition coefficient (Wildman–Crippen LogP) is -0.461. The zero-order valence-corrected chi connectivity index (χ0v) is 8.90. The molecule has 0 radical (unpaired) electrons. The maximum absolute atomic E-state index is 11.8. The van der Waals surface area contributed by atoms with Gasteiger partial charge in [0.25, 0.3) is 0 Å². The highest BCUT2D eigenvalue weighted by atomic mass is 16.1. The van der Waals surface area contributed by atoms with Crippen LogP contribution in [-0.2, 0) is 0 Å². The van der Waals surface area contributed by atoms with E-state index in [1.165, 1.54) is 25.1 Å². The summed E-state index contributed by atoms with van der Waals surface area (Å²) < 4.78 is 1.12. The number of rotatable bonds is 2. The topological polar surface area (TPSA) is 76.3 Å². The van der Waals surface area contributed by atoms with Crippen molar-refractivity contribution in [2.75, 3.05) is 14.1 Å². The number of fused-ring (bicyclic) bond motifs is 1. The monoisotopic (exact) mass is 218 g/mol. The highest BCUT2D eigenvalue weighted by Gasteiger charge is 2.03. The first kappa shape index (κ1) is 10.2. The largest absolute Gasteiger partial charge is 0.367 e. The Bertz CT molecular complexity index is 588. The summed E-state index contributed by atoms with van der Waals surface area (Å²) in [5, 5.41) is 3.93. The lowest BCUT2D eigenvalue weighted by atomic mass is 10.5. The Morgan fingerprint density at radius 3 is 2.81 bits per heavy atom. The molecule has 0 saturated heterocycles. The van der Waals surface area contributed by atoms with Gasteiger partial charge in [-0.25, -0.2) is 15.0 Å². The molecular weight excluding hydrogens is 208 g/mol. The van der Waals surface area contributed by atoms with E-state index in [4.69, 9.17) is 0 Å². The summed E-state index contributed by atoms with van der Waals surface area (Å²) in [5.41, 5.74) is 0.195. The van der Waals surface area contributed by atoms with E-state index in [0.717, 1.165) is 4.68 Å². The average molecular weight is 218 g/mol. The van der Waals surface area contributed by atoms with E-state index in [1.807, 2.05) is 14.1 Å². The minimum absolute atomic E-state index is 0.209. The Morgan fingerprint density at radius 2 is 2.06 bits per heavy atom. The highest BCUT2D eigenvalue weighted by molar-refractivity contribution is 5.67. The van der Waals surface area contributed by atoms with E-state index in [0.29, 0.717) is 5.65 Å². The first-order chi connectivity index (χ1) is 7.68. The SMILES string of the molecule is CN(C)/C=N\n1cnc2nccnc2c1=O. The van der Waals surface area contributed by atoms with Gasteiger partial charge in [0.1, 0.15) is 12.7 Å². The summed E-state index contributed by atoms with van der Waals surface area (Å²) in [6.45, 7) is 0. The Morgan fingerprint density at radius 1 is 1.31 bits per heavy atom. The summed E-state index contributed by atoms with van der Waals surface area (Å²) in [4.78, 5) is 25.4. The van der Waals surface area contributed by atoms with Crippen molar-refractivity contribution in [3.8, 4) is 0 Å². The quantitative estimate of drug-likeness (QED) is 0.503. The lowest BCUT2D eigenvalue weighted by molar-refractivity contribution is 0.629. The maximum Gasteiger partial charge on any atom is 0.302 e. The van der Waals surface area contributed by atoms with Crippen LogP contribution >= 0.6 is 0 Å². The lowest BCUT2D eigenvalue weighted by Crippen LogP contribution is -2.20. The third-order valence-corrected chi connectivity index (χ3v) is 1.79. The van der Waals surface area contributed by atoms with Gasteiger partial charge in [0.2, 0.25) is 0 Å². The van der Waals surface area contributed by atoms with E-state index >= 15 is 0 Å². The summed E-state index contributed by atoms with van der Waals surface area (Å²) in [6.07, 6.45) is 5.76. The first-order valence-corrected chi connectivity index (χ1v) is 4.58. The van der Waals surface area contributed by atoms with E-state index in [-0.39, 0.29) is 11.1 Å². The molecule has 2 heterocycles. The molecule has 2 aromatic heterocycles. The summed E-state index contributed by atoms with van der Waals surface area (Å²) in [7, 11) is 3.62. The van der Waals surface area contributed by atoms with E-state index in [9.17, 15) is 4.79 Å². The standard InChI is InChI=1S/C9H10N6O/c1-14(2)6-13-15-5-12-8-7(9(15)16)10-3-4-11-8/h3-6H,1-2H3/b13-6-. The van der Waals surface area contributed by atoms with E-state index in [2.05, 4.69) is 20.1 Å². The zero-order valence-electron chi connectivity index (χ0n) is 8.90. The van der Waals surface area contributed by atoms with Crippen LogP contribution < -0.4 is 5.56 Å². The van der Waals surface area contributed by atoms with Gasteiger partial charge in [-0.2, -0.15) is 9.78 Å². The fourth-order valence-electron chi connectivity index (χ4n) is 1.09. The number of hydrogen-bond acceptors (Lipinski definition) is 5. The Kier molecular flexibility index (Phi) is 2.59. The molecule has 0 unspecified atom stereocenters. The van der Waals surface area contributed by atoms with Gasteiger partial charge in [-0.3, -0.25) is 4.79 Å². The van der Waals surface area contributed by atoms with Crippen LogP contribution in [0.2, 0.25) is 0 Å². The normalized spacial score (nSPS) is 11.1. The minimum Gasteiger partial charge on any atom is -0.367 e. The smallest absolute Gasteiger partial charge is 0.302 e. The van der Waals surface area contributed by atoms with Crippen LogP contribution in [0.25, 0.3) is 11.2 Å². The van der Waals surface area contributed by atoms with Crippen LogP contribution in [0.3, 0.4) is 0 Å². The zero-order chi connectivity index (χ0) is 11.5. The molecule has 0 atom stereocenters. The Balaban J connectivity index is 2.57. The molecule has 0 aliphatic rings. The van der Waals surface area contributed by atoms with E-state index in [1.54, 1.807) is 4.90 Å². The predicted molar refractivity (Wildman–Crippen MR) is 59.2 cm³/mol. The molecule has 0 aliphatic carbocycles. The van der Waals surface area contributed by atoms with Crippen LogP contribution in [0, 0.1) is 0 Å². The molecule has 2 rings (SSSR count). The molecular formula is C9H10N6O. The van der Waals surface area contributed by atoms with Crippen LogP contribution in [-0.4, -0.2) is 45.0 Å². The highest BCUT2D eigenvalue weighted by Crippen LogP contribution is 1.96. The lowest BCUT2D eigenvalue weighted by Gasteiger charge is -2.03. The number of nitrogens with zero attached hydrogens (tertiary/aromatic N) is 6. The molecule has 0 aromatic carbocycles. The molecule has 2 aromatic rings. The molecule has 0 aliphatic heterocycles. The first-order valence-electron chi connectivity index (χ1n) is 4.58. The van der Waals surface area contributed by atoms with Gasteiger partial charge in [0.05, 0.1) is 0 Å². The van der Waals surface area contributed by atoms with Gasteiger partial charge in [-0.05, 0) is 0 Å². The van der Waals surface area contributed by atoms with Crippen molar-refractivity contribution in [2.24, 2.45) is 5.10 Å². The molecule has 16 heavy (non-hydrogen) atoms. The van der Waals surface area contributed by atoms with Crippen molar-refractivity contribution in [3.05, 3.63) is 29.1 Å². The average Bonchev–Trinajstić information content (AvgIpc) is 2.28. The van der Waals surface area contributed by atoms with Gasteiger partial charge in [0, 0.05) is 26.5 Å². The van der Waals surface area contributed by atoms with Crippen LogP contribution in [0.15, 0.2) is 28.6 Å². The van der Waals surface area contributed by atoms with Gasteiger partial charge in [-0.15, -0.1) is 0 Å². The van der Waals surface area contributed by atoms with Crippen molar-refractivity contribution in [1.82, 2.24) is 24.5 Å². The molecule has 0 saturated carbocycles. The van der Waals surface area contributed by atoms with Gasteiger partial charge in [-0.1, -0.05) is 0 Å². The molecule has 7 nitrogen and oxygen atoms in total. The third kappa shape index (κ3) is 1.88. The van der Waals surface area contributed by atoms with Crippen molar-refractivity contribution in [3.63, 3.8) is 0 Å². The van der Waals surface area contributed by atoms with Crippen molar-refractivity contribution in [2.45, 2.75) is 0 Å². The van der Waals surface area contributed by atoms with E-state index < -0.39 is 0 Å². The van der Waals surface area contributed by atoms with Crippen LogP contribution in [0.5, 0.6) is 0 Å². The molecule has 0 spiro atoms. The fourth-order valence-corrected chi connectivity index (χ4v) is 1.09. The molecule has 0 amide bonds. The van der Waals surface area contributed by atoms with Crippen molar-refractivity contribution in [1.29, 1.82) is 0 Å². The maximum atomic E-state index is 11.8. The second-order valence-electron chi connectivity index (χ2n) is 3.32. The molecule has 82 valence electrons. The van der Waals surface area contributed by atoms with Crippen molar-refractivity contribution < 1.29 is 0 Å². The molecule has 0 fully saturated rings. The fraction of sp³-hybridized carbons (Fsp3) is 0.222. The van der Waals surface area contributed by atoms with Gasteiger partial charge >= 0.3 is 5.56 Å². The number of aromatic nitrogens is 4. The second-order valence-corrected chi connectivity index (χ2v) is 3.32. The van der Waals surface area contributed by atoms with Gasteiger partial charge in [0.15, 0.2) is 11.2 Å². The number of hydrogen-bond donors (Lipinski definition) is 0. The van der Waals surface area contributed by atoms with Crippen LogP contribution in [0.4, 0.5) is 0 Å². The van der Waals surface area contributed by atoms with Gasteiger partial charge < -0.3 is 4.90 Å². The molecule has 0 bridgehead atoms. The summed E-state index contributed by atoms with van der Waals surface area (Å²) in [6, 6.07) is 0. The second kappa shape index (κ2) is 4.05. The third-order valence-electron chi connectivity index (χ3n) is 1.79. The Hall–Kier alpha value is -2.31. The minimum atomic E-state index is -0.337. The summed E-state index contributed by atoms with van der Waals surface area (Å²) in [5.74, 6) is 0. The Labute approximate surface area is 91.1 Å². The molecule has 0 N–H and O–H groups in total.